The zero-order chi connectivity index (χ0) is 20.9. The van der Waals surface area contributed by atoms with E-state index in [4.69, 9.17) is 4.74 Å². The first-order valence-electron chi connectivity index (χ1n) is 10.0. The first kappa shape index (κ1) is 19.9. The summed E-state index contributed by atoms with van der Waals surface area (Å²) in [6, 6.07) is 19.8. The average Bonchev–Trinajstić information content (AvgIpc) is 3.16. The van der Waals surface area contributed by atoms with Gasteiger partial charge in [0.1, 0.15) is 0 Å². The summed E-state index contributed by atoms with van der Waals surface area (Å²) in [6.07, 6.45) is 5.45. The molecule has 2 aromatic heterocycles. The minimum absolute atomic E-state index is 0.114. The molecule has 4 rings (SSSR count). The maximum Gasteiger partial charge on any atom is 0.254 e. The highest BCUT2D eigenvalue weighted by Crippen LogP contribution is 2.25. The van der Waals surface area contributed by atoms with Gasteiger partial charge < -0.3 is 14.6 Å². The summed E-state index contributed by atoms with van der Waals surface area (Å²) in [7, 11) is 1.68. The number of nitrogens with zero attached hydrogens (tertiary/aromatic N) is 2. The number of ether oxygens (including phenoxy) is 1. The molecular weight excluding hydrogens is 374 g/mol. The number of aryl methyl sites for hydroxylation is 1. The van der Waals surface area contributed by atoms with Crippen molar-refractivity contribution >= 4 is 16.8 Å². The molecule has 0 aliphatic carbocycles. The largest absolute Gasteiger partial charge is 0.383 e. The monoisotopic (exact) mass is 399 g/mol. The molecule has 0 saturated carbocycles. The number of nitrogens with one attached hydrogen (secondary N) is 1. The van der Waals surface area contributed by atoms with Gasteiger partial charge in [-0.3, -0.25) is 9.78 Å². The van der Waals surface area contributed by atoms with Gasteiger partial charge in [0.25, 0.3) is 5.91 Å². The zero-order valence-corrected chi connectivity index (χ0v) is 17.2. The van der Waals surface area contributed by atoms with Crippen LogP contribution >= 0.6 is 0 Å². The van der Waals surface area contributed by atoms with Crippen LogP contribution in [0.3, 0.4) is 0 Å². The van der Waals surface area contributed by atoms with Crippen LogP contribution in [0.2, 0.25) is 0 Å². The molecule has 1 N–H and O–H groups in total. The van der Waals surface area contributed by atoms with Gasteiger partial charge in [-0.15, -0.1) is 0 Å². The number of aromatic nitrogens is 2. The molecule has 0 spiro atoms. The Morgan fingerprint density at radius 2 is 1.87 bits per heavy atom. The molecule has 152 valence electrons. The molecule has 1 amide bonds. The summed E-state index contributed by atoms with van der Waals surface area (Å²) in [5.41, 5.74) is 4.81. The molecule has 0 radical (unpaired) electrons. The number of para-hydroxylation sites is 1. The van der Waals surface area contributed by atoms with E-state index in [0.29, 0.717) is 18.7 Å². The maximum atomic E-state index is 13.4. The van der Waals surface area contributed by atoms with E-state index in [1.165, 1.54) is 5.56 Å². The van der Waals surface area contributed by atoms with Gasteiger partial charge in [-0.2, -0.15) is 0 Å². The third-order valence-electron chi connectivity index (χ3n) is 5.27. The van der Waals surface area contributed by atoms with E-state index in [0.717, 1.165) is 22.0 Å². The quantitative estimate of drug-likeness (QED) is 0.497. The van der Waals surface area contributed by atoms with Crippen molar-refractivity contribution in [3.8, 4) is 0 Å². The summed E-state index contributed by atoms with van der Waals surface area (Å²) in [5.74, 6) is -0.114. The number of hydrogen-bond acceptors (Lipinski definition) is 3. The van der Waals surface area contributed by atoms with Gasteiger partial charge in [-0.1, -0.05) is 54.1 Å². The SMILES string of the molecule is COCCn1cc(C(=O)NC(c2ccc(C)cc2)c2cccnc2)c2ccccc21. The predicted octanol–water partition coefficient (Wildman–Crippen LogP) is 4.51. The van der Waals surface area contributed by atoms with Gasteiger partial charge in [0, 0.05) is 43.1 Å². The molecule has 0 bridgehead atoms. The lowest BCUT2D eigenvalue weighted by molar-refractivity contribution is 0.0944. The smallest absolute Gasteiger partial charge is 0.254 e. The zero-order valence-electron chi connectivity index (χ0n) is 17.2. The summed E-state index contributed by atoms with van der Waals surface area (Å²) in [6.45, 7) is 3.33. The highest BCUT2D eigenvalue weighted by Gasteiger charge is 2.21. The Labute approximate surface area is 176 Å². The Morgan fingerprint density at radius 3 is 2.60 bits per heavy atom. The molecule has 2 aromatic carbocycles. The number of hydrogen-bond donors (Lipinski definition) is 1. The molecule has 0 aliphatic heterocycles. The third kappa shape index (κ3) is 4.11. The van der Waals surface area contributed by atoms with Crippen LogP contribution in [0.4, 0.5) is 0 Å². The number of fused-ring (bicyclic) bond motifs is 1. The lowest BCUT2D eigenvalue weighted by Gasteiger charge is -2.19. The minimum Gasteiger partial charge on any atom is -0.383 e. The van der Waals surface area contributed by atoms with E-state index in [9.17, 15) is 4.79 Å². The summed E-state index contributed by atoms with van der Waals surface area (Å²) < 4.78 is 7.29. The van der Waals surface area contributed by atoms with Gasteiger partial charge in [0.05, 0.1) is 18.2 Å². The Kier molecular flexibility index (Phi) is 5.91. The van der Waals surface area contributed by atoms with Crippen LogP contribution in [0.15, 0.2) is 79.3 Å². The average molecular weight is 399 g/mol. The van der Waals surface area contributed by atoms with Crippen LogP contribution < -0.4 is 5.32 Å². The van der Waals surface area contributed by atoms with Crippen LogP contribution in [0.1, 0.15) is 33.1 Å². The van der Waals surface area contributed by atoms with Gasteiger partial charge >= 0.3 is 0 Å². The Hall–Kier alpha value is -3.44. The Balaban J connectivity index is 1.70. The van der Waals surface area contributed by atoms with Crippen LogP contribution in [0.25, 0.3) is 10.9 Å². The van der Waals surface area contributed by atoms with Gasteiger partial charge in [-0.25, -0.2) is 0 Å². The normalized spacial score (nSPS) is 12.1. The second kappa shape index (κ2) is 8.93. The fourth-order valence-electron chi connectivity index (χ4n) is 3.68. The second-order valence-electron chi connectivity index (χ2n) is 7.35. The molecular formula is C25H25N3O2. The summed E-state index contributed by atoms with van der Waals surface area (Å²) in [5, 5.41) is 4.15. The molecule has 0 fully saturated rings. The highest BCUT2D eigenvalue weighted by atomic mass is 16.5. The predicted molar refractivity (Wildman–Crippen MR) is 119 cm³/mol. The topological polar surface area (TPSA) is 56.1 Å². The Morgan fingerprint density at radius 1 is 1.07 bits per heavy atom. The van der Waals surface area contributed by atoms with Crippen LogP contribution in [-0.4, -0.2) is 29.2 Å². The fourth-order valence-corrected chi connectivity index (χ4v) is 3.68. The summed E-state index contributed by atoms with van der Waals surface area (Å²) in [4.78, 5) is 17.6. The van der Waals surface area contributed by atoms with E-state index in [-0.39, 0.29) is 11.9 Å². The first-order valence-corrected chi connectivity index (χ1v) is 10.0. The van der Waals surface area contributed by atoms with Gasteiger partial charge in [0.2, 0.25) is 0 Å². The van der Waals surface area contributed by atoms with E-state index in [2.05, 4.69) is 46.1 Å². The molecule has 2 heterocycles. The van der Waals surface area contributed by atoms with Crippen molar-refractivity contribution in [2.75, 3.05) is 13.7 Å². The van der Waals surface area contributed by atoms with Crippen molar-refractivity contribution in [3.63, 3.8) is 0 Å². The lowest BCUT2D eigenvalue weighted by Crippen LogP contribution is -2.29. The molecule has 30 heavy (non-hydrogen) atoms. The van der Waals surface area contributed by atoms with E-state index in [1.54, 1.807) is 19.5 Å². The molecule has 5 heteroatoms. The number of pyridine rings is 1. The number of amides is 1. The van der Waals surface area contributed by atoms with Crippen LogP contribution in [-0.2, 0) is 11.3 Å². The van der Waals surface area contributed by atoms with E-state index >= 15 is 0 Å². The van der Waals surface area contributed by atoms with Crippen LogP contribution in [0.5, 0.6) is 0 Å². The lowest BCUT2D eigenvalue weighted by atomic mass is 9.98. The molecule has 1 atom stereocenters. The number of rotatable bonds is 7. The molecule has 0 aliphatic rings. The molecule has 5 nitrogen and oxygen atoms in total. The minimum atomic E-state index is -0.284. The first-order chi connectivity index (χ1) is 14.7. The molecule has 4 aromatic rings. The van der Waals surface area contributed by atoms with Gasteiger partial charge in [-0.05, 0) is 30.2 Å². The number of benzene rings is 2. The van der Waals surface area contributed by atoms with E-state index < -0.39 is 0 Å². The van der Waals surface area contributed by atoms with Crippen LogP contribution in [0, 0.1) is 6.92 Å². The van der Waals surface area contributed by atoms with E-state index in [1.807, 2.05) is 42.6 Å². The molecule has 1 unspecified atom stereocenters. The number of carbonyl (C=O) groups is 1. The van der Waals surface area contributed by atoms with Crippen molar-refractivity contribution < 1.29 is 9.53 Å². The van der Waals surface area contributed by atoms with Gasteiger partial charge in [0.15, 0.2) is 0 Å². The summed E-state index contributed by atoms with van der Waals surface area (Å²) >= 11 is 0. The standard InChI is InChI=1S/C25H25N3O2/c1-18-9-11-19(12-10-18)24(20-6-5-13-26-16-20)27-25(29)22-17-28(14-15-30-2)23-8-4-3-7-21(22)23/h3-13,16-17,24H,14-15H2,1-2H3,(H,27,29). The third-order valence-corrected chi connectivity index (χ3v) is 5.27. The fraction of sp³-hybridized carbons (Fsp3) is 0.200. The van der Waals surface area contributed by atoms with Crippen molar-refractivity contribution in [1.29, 1.82) is 0 Å². The van der Waals surface area contributed by atoms with Crippen molar-refractivity contribution in [2.24, 2.45) is 0 Å². The number of methoxy groups -OCH3 is 1. The maximum absolute atomic E-state index is 13.4. The number of carbonyl (C=O) groups excluding carboxylic acids is 1. The highest BCUT2D eigenvalue weighted by molar-refractivity contribution is 6.07. The molecule has 0 saturated heterocycles. The van der Waals surface area contributed by atoms with Crippen molar-refractivity contribution in [2.45, 2.75) is 19.5 Å². The van der Waals surface area contributed by atoms with Crippen molar-refractivity contribution in [1.82, 2.24) is 14.9 Å². The second-order valence-corrected chi connectivity index (χ2v) is 7.35. The van der Waals surface area contributed by atoms with Crippen molar-refractivity contribution in [3.05, 3.63) is 102 Å². The Bertz CT molecular complexity index is 1130.